The molecule has 0 spiro atoms. The van der Waals surface area contributed by atoms with E-state index in [2.05, 4.69) is 10.2 Å². The molecule has 0 aromatic heterocycles. The molecule has 1 unspecified atom stereocenters. The fourth-order valence-corrected chi connectivity index (χ4v) is 4.05. The molecule has 2 heterocycles. The maximum absolute atomic E-state index is 12.6. The van der Waals surface area contributed by atoms with Crippen molar-refractivity contribution in [1.29, 1.82) is 0 Å². The first kappa shape index (κ1) is 21.5. The Labute approximate surface area is 182 Å². The summed E-state index contributed by atoms with van der Waals surface area (Å²) in [5.74, 6) is 1.27. The van der Waals surface area contributed by atoms with Crippen molar-refractivity contribution >= 4 is 6.09 Å². The van der Waals surface area contributed by atoms with Crippen molar-refractivity contribution in [2.75, 3.05) is 32.8 Å². The molecular weight excluding hydrogens is 396 g/mol. The summed E-state index contributed by atoms with van der Waals surface area (Å²) < 4.78 is 16.7. The highest BCUT2D eigenvalue weighted by Crippen LogP contribution is 2.36. The normalized spacial score (nSPS) is 18.8. The monoisotopic (exact) mass is 426 g/mol. The molecule has 2 aromatic rings. The number of carbonyl (C=O) groups excluding carboxylic acids is 1. The fraction of sp³-hybridized carbons (Fsp3) is 0.458. The van der Waals surface area contributed by atoms with Gasteiger partial charge in [-0.25, -0.2) is 4.79 Å². The molecule has 0 saturated carbocycles. The van der Waals surface area contributed by atoms with E-state index < -0.39 is 17.7 Å². The molecule has 2 aliphatic heterocycles. The van der Waals surface area contributed by atoms with Crippen LogP contribution in [0.2, 0.25) is 0 Å². The van der Waals surface area contributed by atoms with Gasteiger partial charge in [0.2, 0.25) is 0 Å². The van der Waals surface area contributed by atoms with E-state index in [0.717, 1.165) is 31.5 Å². The number of rotatable bonds is 7. The summed E-state index contributed by atoms with van der Waals surface area (Å²) in [7, 11) is 0. The Hall–Kier alpha value is -2.77. The Bertz CT molecular complexity index is 881. The third-order valence-corrected chi connectivity index (χ3v) is 5.95. The molecule has 1 amide bonds. The number of aliphatic hydroxyl groups is 1. The van der Waals surface area contributed by atoms with Gasteiger partial charge in [0.1, 0.15) is 25.4 Å². The van der Waals surface area contributed by atoms with E-state index in [0.29, 0.717) is 36.8 Å². The van der Waals surface area contributed by atoms with Crippen LogP contribution < -0.4 is 14.8 Å². The Morgan fingerprint density at radius 2 is 1.84 bits per heavy atom. The average molecular weight is 427 g/mol. The Balaban J connectivity index is 1.49. The van der Waals surface area contributed by atoms with Crippen LogP contribution in [0.1, 0.15) is 30.9 Å². The molecule has 4 rings (SSSR count). The molecule has 0 aliphatic carbocycles. The number of likely N-dealkylation sites (tertiary alicyclic amines) is 1. The van der Waals surface area contributed by atoms with Crippen LogP contribution in [0.15, 0.2) is 48.5 Å². The van der Waals surface area contributed by atoms with Crippen molar-refractivity contribution in [1.82, 2.24) is 10.2 Å². The maximum Gasteiger partial charge on any atom is 0.407 e. The Kier molecular flexibility index (Phi) is 6.63. The van der Waals surface area contributed by atoms with Crippen LogP contribution >= 0.6 is 0 Å². The van der Waals surface area contributed by atoms with Crippen LogP contribution in [0.5, 0.6) is 11.5 Å². The van der Waals surface area contributed by atoms with E-state index in [9.17, 15) is 9.90 Å². The minimum absolute atomic E-state index is 0.176. The number of fused-ring (bicyclic) bond motifs is 1. The van der Waals surface area contributed by atoms with E-state index in [1.165, 1.54) is 0 Å². The number of hydrogen-bond donors (Lipinski definition) is 2. The highest BCUT2D eigenvalue weighted by atomic mass is 16.6. The lowest BCUT2D eigenvalue weighted by molar-refractivity contribution is 0.00207. The topological polar surface area (TPSA) is 80.3 Å². The number of alkyl carbamates (subject to hydrolysis) is 1. The van der Waals surface area contributed by atoms with Crippen LogP contribution in [0.4, 0.5) is 4.79 Å². The second-order valence-electron chi connectivity index (χ2n) is 8.27. The summed E-state index contributed by atoms with van der Waals surface area (Å²) in [5.41, 5.74) is 0.237. The van der Waals surface area contributed by atoms with Gasteiger partial charge < -0.3 is 29.5 Å². The molecule has 2 aliphatic rings. The first-order valence-electron chi connectivity index (χ1n) is 10.8. The highest BCUT2D eigenvalue weighted by molar-refractivity contribution is 5.68. The van der Waals surface area contributed by atoms with Gasteiger partial charge in [0.15, 0.2) is 11.5 Å². The summed E-state index contributed by atoms with van der Waals surface area (Å²) in [5, 5.41) is 14.5. The van der Waals surface area contributed by atoms with Gasteiger partial charge in [0.05, 0.1) is 6.04 Å². The first-order valence-corrected chi connectivity index (χ1v) is 10.8. The summed E-state index contributed by atoms with van der Waals surface area (Å²) in [6, 6.07) is 14.4. The summed E-state index contributed by atoms with van der Waals surface area (Å²) in [4.78, 5) is 14.9. The maximum atomic E-state index is 12.6. The highest BCUT2D eigenvalue weighted by Gasteiger charge is 2.38. The molecule has 0 bridgehead atoms. The lowest BCUT2D eigenvalue weighted by Crippen LogP contribution is -2.54. The van der Waals surface area contributed by atoms with Gasteiger partial charge in [0, 0.05) is 6.54 Å². The van der Waals surface area contributed by atoms with Crippen molar-refractivity contribution in [3.8, 4) is 11.5 Å². The number of ether oxygens (including phenoxy) is 3. The zero-order valence-corrected chi connectivity index (χ0v) is 17.9. The molecule has 31 heavy (non-hydrogen) atoms. The largest absolute Gasteiger partial charge is 0.486 e. The van der Waals surface area contributed by atoms with E-state index in [4.69, 9.17) is 14.2 Å². The molecule has 1 saturated heterocycles. The van der Waals surface area contributed by atoms with Crippen LogP contribution in [0.25, 0.3) is 0 Å². The second kappa shape index (κ2) is 9.58. The van der Waals surface area contributed by atoms with Crippen molar-refractivity contribution in [3.63, 3.8) is 0 Å². The van der Waals surface area contributed by atoms with Crippen LogP contribution in [-0.2, 0) is 16.9 Å². The quantitative estimate of drug-likeness (QED) is 0.708. The lowest BCUT2D eigenvalue weighted by Gasteiger charge is -2.36. The number of benzene rings is 2. The molecular formula is C24H30N2O5. The third-order valence-electron chi connectivity index (χ3n) is 5.95. The van der Waals surface area contributed by atoms with Gasteiger partial charge in [-0.15, -0.1) is 0 Å². The first-order chi connectivity index (χ1) is 15.0. The van der Waals surface area contributed by atoms with Gasteiger partial charge >= 0.3 is 6.09 Å². The van der Waals surface area contributed by atoms with Gasteiger partial charge in [-0.1, -0.05) is 36.4 Å². The Morgan fingerprint density at radius 3 is 2.58 bits per heavy atom. The molecule has 2 N–H and O–H groups in total. The van der Waals surface area contributed by atoms with E-state index >= 15 is 0 Å². The van der Waals surface area contributed by atoms with E-state index in [1.807, 2.05) is 36.4 Å². The fourth-order valence-electron chi connectivity index (χ4n) is 4.05. The van der Waals surface area contributed by atoms with Crippen molar-refractivity contribution in [2.24, 2.45) is 0 Å². The molecule has 0 radical (unpaired) electrons. The van der Waals surface area contributed by atoms with Gasteiger partial charge in [0.25, 0.3) is 0 Å². The van der Waals surface area contributed by atoms with E-state index in [1.54, 1.807) is 19.1 Å². The molecule has 2 atom stereocenters. The third kappa shape index (κ3) is 5.29. The Morgan fingerprint density at radius 1 is 1.13 bits per heavy atom. The lowest BCUT2D eigenvalue weighted by atomic mass is 9.87. The molecule has 1 fully saturated rings. The summed E-state index contributed by atoms with van der Waals surface area (Å²) in [6.07, 6.45) is 1.69. The minimum atomic E-state index is -1.33. The number of nitrogens with one attached hydrogen (secondary N) is 1. The van der Waals surface area contributed by atoms with Crippen molar-refractivity contribution in [2.45, 2.75) is 38.0 Å². The van der Waals surface area contributed by atoms with Crippen molar-refractivity contribution < 1.29 is 24.1 Å². The van der Waals surface area contributed by atoms with Crippen molar-refractivity contribution in [3.05, 3.63) is 59.7 Å². The summed E-state index contributed by atoms with van der Waals surface area (Å²) in [6.45, 7) is 5.31. The predicted molar refractivity (Wildman–Crippen MR) is 116 cm³/mol. The molecule has 7 heteroatoms. The number of carbonyl (C=O) groups is 1. The second-order valence-corrected chi connectivity index (χ2v) is 8.27. The minimum Gasteiger partial charge on any atom is -0.486 e. The zero-order chi connectivity index (χ0) is 21.7. The molecule has 166 valence electrons. The van der Waals surface area contributed by atoms with Crippen LogP contribution in [0, 0.1) is 0 Å². The smallest absolute Gasteiger partial charge is 0.407 e. The number of amides is 1. The summed E-state index contributed by atoms with van der Waals surface area (Å²) >= 11 is 0. The van der Waals surface area contributed by atoms with Crippen LogP contribution in [-0.4, -0.2) is 55.0 Å². The van der Waals surface area contributed by atoms with Gasteiger partial charge in [-0.2, -0.15) is 0 Å². The standard InChI is InChI=1S/C24H30N2O5/c1-24(28,19-9-10-20-21(15-19)30-14-13-29-20)22(16-26-11-5-6-12-26)25-23(27)31-17-18-7-3-2-4-8-18/h2-4,7-10,15,22,28H,5-6,11-14,16-17H2,1H3,(H,25,27)/t22-,24?/m1/s1. The SMILES string of the molecule is CC(O)(c1ccc2c(c1)OCCO2)[C@@H](CN1CCCC1)NC(=O)OCc1ccccc1. The van der Waals surface area contributed by atoms with Gasteiger partial charge in [-0.3, -0.25) is 0 Å². The zero-order valence-electron chi connectivity index (χ0n) is 17.9. The van der Waals surface area contributed by atoms with E-state index in [-0.39, 0.29) is 6.61 Å². The predicted octanol–water partition coefficient (Wildman–Crippen LogP) is 3.06. The number of hydrogen-bond acceptors (Lipinski definition) is 6. The molecule has 7 nitrogen and oxygen atoms in total. The average Bonchev–Trinajstić information content (AvgIpc) is 3.31. The van der Waals surface area contributed by atoms with Gasteiger partial charge in [-0.05, 0) is 56.1 Å². The molecule has 2 aromatic carbocycles. The van der Waals surface area contributed by atoms with Crippen LogP contribution in [0.3, 0.4) is 0 Å². The number of nitrogens with zero attached hydrogens (tertiary/aromatic N) is 1.